The van der Waals surface area contributed by atoms with Crippen molar-refractivity contribution in [3.8, 4) is 5.75 Å². The third-order valence-corrected chi connectivity index (χ3v) is 8.16. The van der Waals surface area contributed by atoms with Crippen LogP contribution in [-0.4, -0.2) is 58.6 Å². The first-order chi connectivity index (χ1) is 16.4. The van der Waals surface area contributed by atoms with E-state index in [-0.39, 0.29) is 17.3 Å². The van der Waals surface area contributed by atoms with E-state index in [1.165, 1.54) is 38.5 Å². The lowest BCUT2D eigenvalue weighted by atomic mass is 10.00. The van der Waals surface area contributed by atoms with Crippen molar-refractivity contribution in [3.63, 3.8) is 0 Å². The summed E-state index contributed by atoms with van der Waals surface area (Å²) >= 11 is 0. The Hall–Kier alpha value is -2.58. The molecule has 1 atom stereocenters. The van der Waals surface area contributed by atoms with Gasteiger partial charge in [0.05, 0.1) is 17.7 Å². The van der Waals surface area contributed by atoms with Crippen LogP contribution >= 0.6 is 0 Å². The molecule has 0 saturated carbocycles. The molecule has 1 fully saturated rings. The Morgan fingerprint density at radius 3 is 2.65 bits per heavy atom. The second-order valence-electron chi connectivity index (χ2n) is 8.80. The Morgan fingerprint density at radius 2 is 1.94 bits per heavy atom. The van der Waals surface area contributed by atoms with Gasteiger partial charge in [0.25, 0.3) is 10.0 Å². The average Bonchev–Trinajstić information content (AvgIpc) is 2.85. The largest absolute Gasteiger partial charge is 0.495 e. The van der Waals surface area contributed by atoms with Crippen molar-refractivity contribution in [3.05, 3.63) is 54.1 Å². The molecular formula is C26H37N3O4S. The van der Waals surface area contributed by atoms with Crippen LogP contribution in [-0.2, 0) is 14.8 Å². The Labute approximate surface area is 204 Å². The van der Waals surface area contributed by atoms with Gasteiger partial charge >= 0.3 is 0 Å². The highest BCUT2D eigenvalue weighted by atomic mass is 32.2. The van der Waals surface area contributed by atoms with Gasteiger partial charge in [-0.3, -0.25) is 9.10 Å². The van der Waals surface area contributed by atoms with E-state index in [1.807, 2.05) is 13.0 Å². The Balaban J connectivity index is 1.72. The maximum Gasteiger partial charge on any atom is 0.264 e. The molecule has 0 spiro atoms. The van der Waals surface area contributed by atoms with Crippen LogP contribution in [0.2, 0.25) is 0 Å². The summed E-state index contributed by atoms with van der Waals surface area (Å²) in [6.07, 6.45) is 5.75. The number of hydrogen-bond acceptors (Lipinski definition) is 5. The number of aryl methyl sites for hydroxylation is 1. The number of nitrogens with zero attached hydrogens (tertiary/aromatic N) is 2. The lowest BCUT2D eigenvalue weighted by Gasteiger charge is -2.35. The minimum atomic E-state index is -3.97. The summed E-state index contributed by atoms with van der Waals surface area (Å²) in [6.45, 7) is 6.35. The predicted molar refractivity (Wildman–Crippen MR) is 136 cm³/mol. The summed E-state index contributed by atoms with van der Waals surface area (Å²) < 4.78 is 33.7. The van der Waals surface area contributed by atoms with Gasteiger partial charge in [-0.05, 0) is 69.0 Å². The van der Waals surface area contributed by atoms with E-state index < -0.39 is 10.0 Å². The first-order valence-corrected chi connectivity index (χ1v) is 13.5. The molecule has 1 N–H and O–H groups in total. The first-order valence-electron chi connectivity index (χ1n) is 12.1. The molecular weight excluding hydrogens is 450 g/mol. The molecule has 2 aromatic rings. The quantitative estimate of drug-likeness (QED) is 0.485. The van der Waals surface area contributed by atoms with E-state index in [2.05, 4.69) is 17.1 Å². The number of nitrogens with one attached hydrogen (secondary N) is 1. The summed E-state index contributed by atoms with van der Waals surface area (Å²) in [6, 6.07) is 14.1. The number of rotatable bonds is 11. The van der Waals surface area contributed by atoms with Crippen molar-refractivity contribution < 1.29 is 17.9 Å². The smallest absolute Gasteiger partial charge is 0.264 e. The van der Waals surface area contributed by atoms with Crippen LogP contribution in [0.1, 0.15) is 44.6 Å². The molecule has 8 heteroatoms. The van der Waals surface area contributed by atoms with Gasteiger partial charge in [-0.1, -0.05) is 37.6 Å². The number of anilines is 1. The molecule has 0 radical (unpaired) electrons. The highest BCUT2D eigenvalue weighted by molar-refractivity contribution is 7.92. The minimum Gasteiger partial charge on any atom is -0.495 e. The third kappa shape index (κ3) is 6.51. The molecule has 1 amide bonds. The lowest BCUT2D eigenvalue weighted by Crippen LogP contribution is -2.43. The Morgan fingerprint density at radius 1 is 1.18 bits per heavy atom. The van der Waals surface area contributed by atoms with E-state index >= 15 is 0 Å². The molecule has 1 aliphatic rings. The number of amides is 1. The highest BCUT2D eigenvalue weighted by Crippen LogP contribution is 2.33. The fourth-order valence-corrected chi connectivity index (χ4v) is 5.97. The second-order valence-corrected chi connectivity index (χ2v) is 10.7. The maximum absolute atomic E-state index is 13.5. The normalized spacial score (nSPS) is 16.7. The third-order valence-electron chi connectivity index (χ3n) is 6.39. The number of hydrogen-bond donors (Lipinski definition) is 1. The number of sulfonamides is 1. The van der Waals surface area contributed by atoms with Crippen LogP contribution in [0.15, 0.2) is 53.4 Å². The van der Waals surface area contributed by atoms with Gasteiger partial charge in [0.15, 0.2) is 0 Å². The molecule has 3 rings (SSSR count). The minimum absolute atomic E-state index is 0.127. The summed E-state index contributed by atoms with van der Waals surface area (Å²) in [7, 11) is -2.48. The zero-order chi connectivity index (χ0) is 24.6. The average molecular weight is 488 g/mol. The number of carbonyl (C=O) groups excluding carboxylic acids is 1. The van der Waals surface area contributed by atoms with Gasteiger partial charge in [0.2, 0.25) is 5.91 Å². The van der Waals surface area contributed by atoms with Crippen molar-refractivity contribution >= 4 is 21.6 Å². The second kappa shape index (κ2) is 12.2. The molecule has 34 heavy (non-hydrogen) atoms. The van der Waals surface area contributed by atoms with Gasteiger partial charge in [-0.2, -0.15) is 0 Å². The van der Waals surface area contributed by atoms with E-state index in [0.29, 0.717) is 24.0 Å². The number of methoxy groups -OCH3 is 1. The molecule has 0 bridgehead atoms. The number of likely N-dealkylation sites (tertiary alicyclic amines) is 1. The molecule has 1 saturated heterocycles. The highest BCUT2D eigenvalue weighted by Gasteiger charge is 2.29. The molecule has 1 aliphatic heterocycles. The van der Waals surface area contributed by atoms with Crippen LogP contribution in [0, 0.1) is 6.92 Å². The van der Waals surface area contributed by atoms with E-state index in [1.54, 1.807) is 30.3 Å². The van der Waals surface area contributed by atoms with Gasteiger partial charge in [-0.25, -0.2) is 8.42 Å². The summed E-state index contributed by atoms with van der Waals surface area (Å²) in [5.41, 5.74) is 1.22. The standard InChI is InChI=1S/C26H37N3O4S/c1-4-22-11-8-9-17-28(22)18-10-16-27-26(30)20-29(24-19-21(2)14-15-25(24)33-3)34(31,32)23-12-6-5-7-13-23/h5-7,12-15,19,22H,4,8-11,16-18,20H2,1-3H3,(H,27,30). The van der Waals surface area contributed by atoms with Crippen LogP contribution < -0.4 is 14.4 Å². The monoisotopic (exact) mass is 487 g/mol. The Bertz CT molecular complexity index is 1040. The van der Waals surface area contributed by atoms with Gasteiger partial charge < -0.3 is 15.0 Å². The van der Waals surface area contributed by atoms with E-state index in [0.717, 1.165) is 35.8 Å². The van der Waals surface area contributed by atoms with Crippen LogP contribution in [0.5, 0.6) is 5.75 Å². The van der Waals surface area contributed by atoms with Crippen LogP contribution in [0.25, 0.3) is 0 Å². The molecule has 0 aromatic heterocycles. The molecule has 2 aromatic carbocycles. The molecule has 1 unspecified atom stereocenters. The number of carbonyl (C=O) groups is 1. The fraction of sp³-hybridized carbons (Fsp3) is 0.500. The molecule has 186 valence electrons. The lowest BCUT2D eigenvalue weighted by molar-refractivity contribution is -0.119. The van der Waals surface area contributed by atoms with Crippen molar-refractivity contribution in [2.24, 2.45) is 0 Å². The summed E-state index contributed by atoms with van der Waals surface area (Å²) in [5.74, 6) is 0.0577. The molecule has 0 aliphatic carbocycles. The van der Waals surface area contributed by atoms with Crippen molar-refractivity contribution in [1.82, 2.24) is 10.2 Å². The predicted octanol–water partition coefficient (Wildman–Crippen LogP) is 3.97. The van der Waals surface area contributed by atoms with Gasteiger partial charge in [0, 0.05) is 19.1 Å². The summed E-state index contributed by atoms with van der Waals surface area (Å²) in [5, 5.41) is 2.92. The van der Waals surface area contributed by atoms with Crippen molar-refractivity contribution in [2.45, 2.75) is 56.9 Å². The number of benzene rings is 2. The van der Waals surface area contributed by atoms with Crippen LogP contribution in [0.4, 0.5) is 5.69 Å². The zero-order valence-electron chi connectivity index (χ0n) is 20.5. The number of piperidine rings is 1. The Kier molecular flexibility index (Phi) is 9.36. The van der Waals surface area contributed by atoms with Crippen molar-refractivity contribution in [2.75, 3.05) is 37.6 Å². The fourth-order valence-electron chi connectivity index (χ4n) is 4.53. The molecule has 7 nitrogen and oxygen atoms in total. The number of ether oxygens (including phenoxy) is 1. The van der Waals surface area contributed by atoms with Crippen molar-refractivity contribution in [1.29, 1.82) is 0 Å². The SMILES string of the molecule is CCC1CCCCN1CCCNC(=O)CN(c1cc(C)ccc1OC)S(=O)(=O)c1ccccc1. The van der Waals surface area contributed by atoms with E-state index in [4.69, 9.17) is 4.74 Å². The first kappa shape index (κ1) is 26.0. The zero-order valence-corrected chi connectivity index (χ0v) is 21.3. The summed E-state index contributed by atoms with van der Waals surface area (Å²) in [4.78, 5) is 15.5. The van der Waals surface area contributed by atoms with E-state index in [9.17, 15) is 13.2 Å². The van der Waals surface area contributed by atoms with Crippen LogP contribution in [0.3, 0.4) is 0 Å². The van der Waals surface area contributed by atoms with Gasteiger partial charge in [-0.15, -0.1) is 0 Å². The molecule has 1 heterocycles. The topological polar surface area (TPSA) is 79.0 Å². The maximum atomic E-state index is 13.5. The van der Waals surface area contributed by atoms with Gasteiger partial charge in [0.1, 0.15) is 12.3 Å².